The van der Waals surface area contributed by atoms with Crippen molar-refractivity contribution in [1.29, 1.82) is 0 Å². The SMILES string of the molecule is O=CC(CCC(=O)O)NCCCCCCCCCCCCCCCCCCCC(=O)O. The molecule has 0 bridgehead atoms. The predicted molar refractivity (Wildman–Crippen MR) is 125 cm³/mol. The maximum Gasteiger partial charge on any atom is 0.303 e. The van der Waals surface area contributed by atoms with Gasteiger partial charge in [-0.05, 0) is 25.8 Å². The maximum atomic E-state index is 10.9. The Bertz CT molecular complexity index is 442. The zero-order chi connectivity index (χ0) is 23.0. The second-order valence-electron chi connectivity index (χ2n) is 8.78. The van der Waals surface area contributed by atoms with Crippen molar-refractivity contribution in [2.45, 2.75) is 134 Å². The van der Waals surface area contributed by atoms with Gasteiger partial charge in [-0.25, -0.2) is 0 Å². The number of carbonyl (C=O) groups is 3. The number of unbranched alkanes of at least 4 members (excludes halogenated alkanes) is 16. The van der Waals surface area contributed by atoms with E-state index in [9.17, 15) is 14.4 Å². The zero-order valence-electron chi connectivity index (χ0n) is 19.6. The topological polar surface area (TPSA) is 104 Å². The fourth-order valence-corrected chi connectivity index (χ4v) is 3.84. The van der Waals surface area contributed by atoms with Crippen molar-refractivity contribution < 1.29 is 24.6 Å². The van der Waals surface area contributed by atoms with E-state index in [-0.39, 0.29) is 12.5 Å². The van der Waals surface area contributed by atoms with Crippen molar-refractivity contribution in [3.63, 3.8) is 0 Å². The standard InChI is InChI=1S/C25H47NO5/c27-22-23(19-20-25(30)31)26-21-17-15-13-11-9-7-5-3-1-2-4-6-8-10-12-14-16-18-24(28)29/h22-23,26H,1-21H2,(H,28,29)(H,30,31). The van der Waals surface area contributed by atoms with Crippen LogP contribution in [0.4, 0.5) is 0 Å². The van der Waals surface area contributed by atoms with Crippen LogP contribution < -0.4 is 5.32 Å². The molecule has 0 aromatic rings. The molecule has 0 aliphatic rings. The fourth-order valence-electron chi connectivity index (χ4n) is 3.84. The van der Waals surface area contributed by atoms with E-state index in [1.807, 2.05) is 0 Å². The number of hydrogen-bond donors (Lipinski definition) is 3. The van der Waals surface area contributed by atoms with Gasteiger partial charge in [-0.15, -0.1) is 0 Å². The molecule has 3 N–H and O–H groups in total. The minimum atomic E-state index is -0.855. The smallest absolute Gasteiger partial charge is 0.303 e. The van der Waals surface area contributed by atoms with Gasteiger partial charge in [-0.1, -0.05) is 96.3 Å². The quantitative estimate of drug-likeness (QED) is 0.117. The van der Waals surface area contributed by atoms with E-state index in [0.717, 1.165) is 38.5 Å². The molecule has 182 valence electrons. The van der Waals surface area contributed by atoms with Crippen LogP contribution in [-0.2, 0) is 14.4 Å². The molecule has 0 aliphatic carbocycles. The van der Waals surface area contributed by atoms with Crippen LogP contribution in [0, 0.1) is 0 Å². The van der Waals surface area contributed by atoms with Crippen LogP contribution in [-0.4, -0.2) is 41.0 Å². The molecule has 0 spiro atoms. The molecule has 6 heteroatoms. The molecule has 1 atom stereocenters. The Morgan fingerprint density at radius 3 is 1.29 bits per heavy atom. The van der Waals surface area contributed by atoms with Gasteiger partial charge >= 0.3 is 11.9 Å². The molecule has 1 unspecified atom stereocenters. The lowest BCUT2D eigenvalue weighted by Crippen LogP contribution is -2.31. The summed E-state index contributed by atoms with van der Waals surface area (Å²) < 4.78 is 0. The third-order valence-electron chi connectivity index (χ3n) is 5.81. The Kier molecular flexibility index (Phi) is 22.2. The third-order valence-corrected chi connectivity index (χ3v) is 5.81. The molecule has 0 aromatic heterocycles. The van der Waals surface area contributed by atoms with Crippen LogP contribution in [0.25, 0.3) is 0 Å². The van der Waals surface area contributed by atoms with Gasteiger partial charge in [0.05, 0.1) is 6.04 Å². The summed E-state index contributed by atoms with van der Waals surface area (Å²) in [6.07, 6.45) is 22.5. The van der Waals surface area contributed by atoms with Gasteiger partial charge in [0.15, 0.2) is 0 Å². The molecule has 0 amide bonds. The lowest BCUT2D eigenvalue weighted by Gasteiger charge is -2.11. The molecule has 0 saturated heterocycles. The molecular formula is C25H47NO5. The minimum absolute atomic E-state index is 0.0357. The zero-order valence-corrected chi connectivity index (χ0v) is 19.6. The number of carbonyl (C=O) groups excluding carboxylic acids is 1. The number of hydrogen-bond acceptors (Lipinski definition) is 4. The van der Waals surface area contributed by atoms with Crippen molar-refractivity contribution in [3.8, 4) is 0 Å². The average Bonchev–Trinajstić information content (AvgIpc) is 2.74. The largest absolute Gasteiger partial charge is 0.481 e. The average molecular weight is 442 g/mol. The van der Waals surface area contributed by atoms with E-state index >= 15 is 0 Å². The van der Waals surface area contributed by atoms with Gasteiger partial charge in [0.1, 0.15) is 6.29 Å². The van der Waals surface area contributed by atoms with Gasteiger partial charge in [-0.3, -0.25) is 9.59 Å². The minimum Gasteiger partial charge on any atom is -0.481 e. The normalized spacial score (nSPS) is 12.0. The molecule has 6 nitrogen and oxygen atoms in total. The summed E-state index contributed by atoms with van der Waals surface area (Å²) in [5.74, 6) is -1.53. The maximum absolute atomic E-state index is 10.9. The predicted octanol–water partition coefficient (Wildman–Crippen LogP) is 6.11. The molecule has 0 aromatic carbocycles. The monoisotopic (exact) mass is 441 g/mol. The first kappa shape index (κ1) is 29.6. The first-order valence-electron chi connectivity index (χ1n) is 12.7. The molecule has 0 aliphatic heterocycles. The van der Waals surface area contributed by atoms with E-state index in [0.29, 0.717) is 12.8 Å². The summed E-state index contributed by atoms with van der Waals surface area (Å²) in [6, 6.07) is -0.327. The van der Waals surface area contributed by atoms with E-state index in [1.54, 1.807) is 0 Å². The van der Waals surface area contributed by atoms with Gasteiger partial charge in [0.2, 0.25) is 0 Å². The summed E-state index contributed by atoms with van der Waals surface area (Å²) >= 11 is 0. The van der Waals surface area contributed by atoms with Crippen LogP contribution >= 0.6 is 0 Å². The van der Waals surface area contributed by atoms with Crippen LogP contribution in [0.3, 0.4) is 0 Å². The molecule has 0 rings (SSSR count). The number of carboxylic acid groups (broad SMARTS) is 2. The lowest BCUT2D eigenvalue weighted by molar-refractivity contribution is -0.138. The van der Waals surface area contributed by atoms with Crippen LogP contribution in [0.1, 0.15) is 128 Å². The van der Waals surface area contributed by atoms with Gasteiger partial charge < -0.3 is 20.3 Å². The first-order valence-corrected chi connectivity index (χ1v) is 12.7. The molecule has 0 heterocycles. The second kappa shape index (κ2) is 23.2. The molecule has 31 heavy (non-hydrogen) atoms. The fraction of sp³-hybridized carbons (Fsp3) is 0.880. The van der Waals surface area contributed by atoms with E-state index < -0.39 is 11.9 Å². The Morgan fingerprint density at radius 2 is 0.935 bits per heavy atom. The number of rotatable bonds is 25. The van der Waals surface area contributed by atoms with Crippen LogP contribution in [0.2, 0.25) is 0 Å². The lowest BCUT2D eigenvalue weighted by atomic mass is 10.0. The highest BCUT2D eigenvalue weighted by Gasteiger charge is 2.08. The second-order valence-corrected chi connectivity index (χ2v) is 8.78. The summed E-state index contributed by atoms with van der Waals surface area (Å²) in [5.41, 5.74) is 0. The van der Waals surface area contributed by atoms with Crippen molar-refractivity contribution in [2.75, 3.05) is 6.54 Å². The van der Waals surface area contributed by atoms with E-state index in [1.165, 1.54) is 83.5 Å². The molecule has 0 fully saturated rings. The summed E-state index contributed by atoms with van der Waals surface area (Å²) in [4.78, 5) is 31.8. The van der Waals surface area contributed by atoms with Crippen molar-refractivity contribution >= 4 is 18.2 Å². The highest BCUT2D eigenvalue weighted by molar-refractivity contribution is 5.68. The van der Waals surface area contributed by atoms with Crippen LogP contribution in [0.15, 0.2) is 0 Å². The first-order chi connectivity index (χ1) is 15.1. The Balaban J connectivity index is 3.17. The van der Waals surface area contributed by atoms with Crippen molar-refractivity contribution in [1.82, 2.24) is 5.32 Å². The Hall–Kier alpha value is -1.43. The van der Waals surface area contributed by atoms with Gasteiger partial charge in [0, 0.05) is 12.8 Å². The summed E-state index contributed by atoms with van der Waals surface area (Å²) in [5, 5.41) is 20.4. The van der Waals surface area contributed by atoms with Gasteiger partial charge in [-0.2, -0.15) is 0 Å². The number of carboxylic acids is 2. The van der Waals surface area contributed by atoms with E-state index in [2.05, 4.69) is 5.32 Å². The summed E-state index contributed by atoms with van der Waals surface area (Å²) in [7, 11) is 0. The highest BCUT2D eigenvalue weighted by Crippen LogP contribution is 2.14. The molecule has 0 radical (unpaired) electrons. The van der Waals surface area contributed by atoms with Crippen molar-refractivity contribution in [3.05, 3.63) is 0 Å². The molecule has 0 saturated carbocycles. The Labute approximate surface area is 189 Å². The van der Waals surface area contributed by atoms with E-state index in [4.69, 9.17) is 10.2 Å². The number of aliphatic carboxylic acids is 2. The Morgan fingerprint density at radius 1 is 0.581 bits per heavy atom. The third kappa shape index (κ3) is 24.7. The highest BCUT2D eigenvalue weighted by atomic mass is 16.4. The molecular weight excluding hydrogens is 394 g/mol. The number of aldehydes is 1. The van der Waals surface area contributed by atoms with Gasteiger partial charge in [0.25, 0.3) is 0 Å². The van der Waals surface area contributed by atoms with Crippen LogP contribution in [0.5, 0.6) is 0 Å². The number of nitrogens with one attached hydrogen (secondary N) is 1. The summed E-state index contributed by atoms with van der Waals surface area (Å²) in [6.45, 7) is 0.785. The van der Waals surface area contributed by atoms with Crippen molar-refractivity contribution in [2.24, 2.45) is 0 Å².